The molecule has 1 aromatic rings. The quantitative estimate of drug-likeness (QED) is 0.451. The van der Waals surface area contributed by atoms with Crippen molar-refractivity contribution in [2.24, 2.45) is 4.99 Å². The Hall–Kier alpha value is -1.93. The van der Waals surface area contributed by atoms with Gasteiger partial charge >= 0.3 is 5.97 Å². The Morgan fingerprint density at radius 2 is 2.06 bits per heavy atom. The molecular weight excluding hydrogens is 218 g/mol. The first-order valence-electron chi connectivity index (χ1n) is 5.45. The van der Waals surface area contributed by atoms with E-state index in [1.165, 1.54) is 7.11 Å². The third-order valence-electron chi connectivity index (χ3n) is 3.02. The van der Waals surface area contributed by atoms with Crippen LogP contribution in [0.5, 0.6) is 0 Å². The Kier molecular flexibility index (Phi) is 3.07. The zero-order chi connectivity index (χ0) is 12.3. The molecule has 4 nitrogen and oxygen atoms in total. The van der Waals surface area contributed by atoms with Crippen LogP contribution in [-0.4, -0.2) is 24.7 Å². The number of esters is 1. The highest BCUT2D eigenvalue weighted by molar-refractivity contribution is 5.89. The third-order valence-corrected chi connectivity index (χ3v) is 3.02. The van der Waals surface area contributed by atoms with Crippen LogP contribution in [0.4, 0.5) is 0 Å². The molecule has 88 valence electrons. The van der Waals surface area contributed by atoms with Crippen LogP contribution in [0.3, 0.4) is 0 Å². The van der Waals surface area contributed by atoms with E-state index in [1.54, 1.807) is 18.2 Å². The lowest BCUT2D eigenvalue weighted by Gasteiger charge is -2.07. The lowest BCUT2D eigenvalue weighted by molar-refractivity contribution is 0.0600. The molecule has 0 amide bonds. The molecule has 1 saturated carbocycles. The van der Waals surface area contributed by atoms with E-state index in [4.69, 9.17) is 0 Å². The maximum Gasteiger partial charge on any atom is 0.337 e. The van der Waals surface area contributed by atoms with Crippen LogP contribution in [-0.2, 0) is 16.0 Å². The monoisotopic (exact) mass is 231 g/mol. The van der Waals surface area contributed by atoms with Gasteiger partial charge in [-0.2, -0.15) is 4.99 Å². The minimum atomic E-state index is -0.344. The van der Waals surface area contributed by atoms with E-state index in [1.807, 2.05) is 12.1 Å². The van der Waals surface area contributed by atoms with Crippen LogP contribution in [0.15, 0.2) is 29.3 Å². The molecule has 0 bridgehead atoms. The van der Waals surface area contributed by atoms with Crippen molar-refractivity contribution in [3.63, 3.8) is 0 Å². The third kappa shape index (κ3) is 2.60. The summed E-state index contributed by atoms with van der Waals surface area (Å²) < 4.78 is 4.62. The molecule has 0 aliphatic heterocycles. The van der Waals surface area contributed by atoms with Crippen molar-refractivity contribution >= 4 is 12.0 Å². The molecule has 2 rings (SSSR count). The predicted molar refractivity (Wildman–Crippen MR) is 61.6 cm³/mol. The highest BCUT2D eigenvalue weighted by atomic mass is 16.5. The maximum absolute atomic E-state index is 11.2. The summed E-state index contributed by atoms with van der Waals surface area (Å²) in [6, 6.07) is 7.18. The first-order valence-corrected chi connectivity index (χ1v) is 5.45. The van der Waals surface area contributed by atoms with Gasteiger partial charge in [-0.3, -0.25) is 0 Å². The summed E-state index contributed by atoms with van der Waals surface area (Å²) in [5, 5.41) is 0. The second kappa shape index (κ2) is 4.52. The van der Waals surface area contributed by atoms with Crippen molar-refractivity contribution in [2.45, 2.75) is 24.8 Å². The Morgan fingerprint density at radius 1 is 1.41 bits per heavy atom. The number of nitrogens with zero attached hydrogens (tertiary/aromatic N) is 1. The van der Waals surface area contributed by atoms with E-state index in [0.29, 0.717) is 5.56 Å². The molecule has 0 aromatic heterocycles. The summed E-state index contributed by atoms with van der Waals surface area (Å²) in [6.07, 6.45) is 4.22. The van der Waals surface area contributed by atoms with Gasteiger partial charge in [0.25, 0.3) is 0 Å². The zero-order valence-corrected chi connectivity index (χ0v) is 9.60. The number of isocyanates is 1. The summed E-state index contributed by atoms with van der Waals surface area (Å²) in [7, 11) is 1.36. The van der Waals surface area contributed by atoms with Gasteiger partial charge in [-0.05, 0) is 37.0 Å². The lowest BCUT2D eigenvalue weighted by Crippen LogP contribution is -2.09. The molecule has 17 heavy (non-hydrogen) atoms. The average molecular weight is 231 g/mol. The Labute approximate surface area is 99.3 Å². The number of hydrogen-bond donors (Lipinski definition) is 0. The molecule has 1 aromatic carbocycles. The molecule has 0 heterocycles. The van der Waals surface area contributed by atoms with Crippen molar-refractivity contribution in [2.75, 3.05) is 7.11 Å². The van der Waals surface area contributed by atoms with Gasteiger partial charge in [0.2, 0.25) is 6.08 Å². The summed E-state index contributed by atoms with van der Waals surface area (Å²) in [5.74, 6) is -0.344. The molecule has 0 N–H and O–H groups in total. The van der Waals surface area contributed by atoms with Crippen LogP contribution < -0.4 is 0 Å². The molecule has 0 atom stereocenters. The summed E-state index contributed by atoms with van der Waals surface area (Å²) in [5.41, 5.74) is 1.36. The fraction of sp³-hybridized carbons (Fsp3) is 0.385. The predicted octanol–water partition coefficient (Wildman–Crippen LogP) is 1.88. The number of rotatable bonds is 4. The van der Waals surface area contributed by atoms with E-state index in [-0.39, 0.29) is 11.5 Å². The fourth-order valence-electron chi connectivity index (χ4n) is 1.83. The summed E-state index contributed by atoms with van der Waals surface area (Å²) in [4.78, 5) is 25.4. The first kappa shape index (κ1) is 11.6. The topological polar surface area (TPSA) is 55.7 Å². The van der Waals surface area contributed by atoms with Crippen LogP contribution in [0, 0.1) is 0 Å². The Balaban J connectivity index is 2.09. The van der Waals surface area contributed by atoms with Crippen LogP contribution in [0.25, 0.3) is 0 Å². The van der Waals surface area contributed by atoms with Crippen molar-refractivity contribution in [3.05, 3.63) is 35.4 Å². The largest absolute Gasteiger partial charge is 0.465 e. The summed E-state index contributed by atoms with van der Waals surface area (Å²) >= 11 is 0. The van der Waals surface area contributed by atoms with Crippen LogP contribution >= 0.6 is 0 Å². The van der Waals surface area contributed by atoms with Gasteiger partial charge in [0.1, 0.15) is 0 Å². The smallest absolute Gasteiger partial charge is 0.337 e. The van der Waals surface area contributed by atoms with Gasteiger partial charge in [-0.1, -0.05) is 12.1 Å². The zero-order valence-electron chi connectivity index (χ0n) is 9.60. The normalized spacial score (nSPS) is 15.8. The highest BCUT2D eigenvalue weighted by Gasteiger charge is 2.42. The Bertz CT molecular complexity index is 468. The van der Waals surface area contributed by atoms with Gasteiger partial charge < -0.3 is 4.74 Å². The van der Waals surface area contributed by atoms with Gasteiger partial charge in [0.15, 0.2) is 0 Å². The molecule has 1 fully saturated rings. The molecule has 0 radical (unpaired) electrons. The number of ether oxygens (including phenoxy) is 1. The standard InChI is InChI=1S/C13H13NO3/c1-17-12(16)11-4-2-10(3-5-11)8-13(6-7-13)14-9-15/h2-5H,6-8H2,1H3. The number of carbonyl (C=O) groups excluding carboxylic acids is 2. The van der Waals surface area contributed by atoms with Crippen LogP contribution in [0.1, 0.15) is 28.8 Å². The second-order valence-electron chi connectivity index (χ2n) is 4.29. The van der Waals surface area contributed by atoms with E-state index in [2.05, 4.69) is 9.73 Å². The van der Waals surface area contributed by atoms with E-state index in [9.17, 15) is 9.59 Å². The minimum Gasteiger partial charge on any atom is -0.465 e. The Morgan fingerprint density at radius 3 is 2.53 bits per heavy atom. The summed E-state index contributed by atoms with van der Waals surface area (Å²) in [6.45, 7) is 0. The van der Waals surface area contributed by atoms with Gasteiger partial charge in [-0.25, -0.2) is 9.59 Å². The van der Waals surface area contributed by atoms with E-state index in [0.717, 1.165) is 24.8 Å². The number of aliphatic imine (C=N–C) groups is 1. The van der Waals surface area contributed by atoms with Gasteiger partial charge in [-0.15, -0.1) is 0 Å². The molecule has 4 heteroatoms. The molecule has 0 spiro atoms. The first-order chi connectivity index (χ1) is 8.19. The fourth-order valence-corrected chi connectivity index (χ4v) is 1.83. The molecular formula is C13H13NO3. The maximum atomic E-state index is 11.2. The van der Waals surface area contributed by atoms with Crippen LogP contribution in [0.2, 0.25) is 0 Å². The number of carbonyl (C=O) groups is 1. The van der Waals surface area contributed by atoms with E-state index >= 15 is 0 Å². The van der Waals surface area contributed by atoms with Crippen molar-refractivity contribution in [1.29, 1.82) is 0 Å². The minimum absolute atomic E-state index is 0.228. The molecule has 1 aliphatic rings. The van der Waals surface area contributed by atoms with Crippen molar-refractivity contribution < 1.29 is 14.3 Å². The van der Waals surface area contributed by atoms with E-state index < -0.39 is 0 Å². The highest BCUT2D eigenvalue weighted by Crippen LogP contribution is 2.42. The number of methoxy groups -OCH3 is 1. The molecule has 1 aliphatic carbocycles. The lowest BCUT2D eigenvalue weighted by atomic mass is 10.0. The van der Waals surface area contributed by atoms with Gasteiger partial charge in [0, 0.05) is 0 Å². The molecule has 0 saturated heterocycles. The second-order valence-corrected chi connectivity index (χ2v) is 4.29. The molecule has 0 unspecified atom stereocenters. The van der Waals surface area contributed by atoms with Crippen molar-refractivity contribution in [3.8, 4) is 0 Å². The van der Waals surface area contributed by atoms with Gasteiger partial charge in [0.05, 0.1) is 18.2 Å². The van der Waals surface area contributed by atoms with Crippen molar-refractivity contribution in [1.82, 2.24) is 0 Å². The number of hydrogen-bond acceptors (Lipinski definition) is 4. The SMILES string of the molecule is COC(=O)c1ccc(CC2(N=C=O)CC2)cc1. The number of benzene rings is 1. The average Bonchev–Trinajstić information content (AvgIpc) is 3.09.